The molecule has 153 valence electrons. The first-order chi connectivity index (χ1) is 11.2. The van der Waals surface area contributed by atoms with Gasteiger partial charge in [0.1, 0.15) is 5.75 Å². The SMILES string of the molecule is CC(C)(C)C1=CC[C-]=C1.C[C](C)=[Ti+].Cc1cc(O)cc(C(C)(C)C)c1.[Cl-].[Cl-]. The second-order valence-electron chi connectivity index (χ2n) is 8.77. The Bertz CT molecular complexity index is 609. The number of phenols is 1. The molecule has 0 unspecified atom stereocenters. The molecule has 2 rings (SSSR count). The Kier molecular flexibility index (Phi) is 16.0. The molecule has 0 aromatic heterocycles. The molecule has 4 heteroatoms. The summed E-state index contributed by atoms with van der Waals surface area (Å²) >= 11 is 2.08. The topological polar surface area (TPSA) is 20.2 Å². The number of phenolic OH excluding ortho intramolecular Hbond substituents is 1. The summed E-state index contributed by atoms with van der Waals surface area (Å²) in [6.07, 6.45) is 8.50. The molecule has 27 heavy (non-hydrogen) atoms. The van der Waals surface area contributed by atoms with E-state index in [2.05, 4.69) is 99.7 Å². The van der Waals surface area contributed by atoms with Crippen LogP contribution in [0.2, 0.25) is 0 Å². The van der Waals surface area contributed by atoms with Crippen molar-refractivity contribution in [1.82, 2.24) is 0 Å². The largest absolute Gasteiger partial charge is 1.00 e. The monoisotopic (exact) mass is 445 g/mol. The molecule has 0 aliphatic heterocycles. The first kappa shape index (κ1) is 31.4. The Balaban J connectivity index is -0.000000343. The summed E-state index contributed by atoms with van der Waals surface area (Å²) in [5.41, 5.74) is 4.15. The molecule has 0 saturated heterocycles. The van der Waals surface area contributed by atoms with Gasteiger partial charge in [-0.3, -0.25) is 6.08 Å². The molecule has 0 radical (unpaired) electrons. The van der Waals surface area contributed by atoms with Gasteiger partial charge >= 0.3 is 37.6 Å². The second-order valence-corrected chi connectivity index (χ2v) is 10.3. The molecule has 1 aliphatic carbocycles. The Labute approximate surface area is 191 Å². The van der Waals surface area contributed by atoms with Crippen LogP contribution in [0.5, 0.6) is 5.75 Å². The number of allylic oxidation sites excluding steroid dienone is 4. The molecule has 1 aliphatic rings. The average Bonchev–Trinajstić information content (AvgIpc) is 2.89. The Morgan fingerprint density at radius 1 is 0.963 bits per heavy atom. The maximum absolute atomic E-state index is 9.36. The minimum absolute atomic E-state index is 0. The predicted octanol–water partition coefficient (Wildman–Crippen LogP) is 0.474. The van der Waals surface area contributed by atoms with Gasteiger partial charge in [0.05, 0.1) is 0 Å². The number of halogens is 2. The molecule has 1 nitrogen and oxygen atoms in total. The molecule has 0 amide bonds. The normalized spacial score (nSPS) is 12.3. The van der Waals surface area contributed by atoms with Crippen LogP contribution < -0.4 is 24.8 Å². The van der Waals surface area contributed by atoms with Crippen molar-refractivity contribution < 1.29 is 49.9 Å². The molecule has 1 aromatic rings. The molecule has 0 atom stereocenters. The van der Waals surface area contributed by atoms with Crippen molar-refractivity contribution in [2.75, 3.05) is 0 Å². The van der Waals surface area contributed by atoms with Crippen LogP contribution in [0.3, 0.4) is 0 Å². The fourth-order valence-electron chi connectivity index (χ4n) is 2.12. The van der Waals surface area contributed by atoms with E-state index < -0.39 is 0 Å². The van der Waals surface area contributed by atoms with E-state index in [9.17, 15) is 5.11 Å². The van der Waals surface area contributed by atoms with Crippen LogP contribution in [0.25, 0.3) is 0 Å². The molecular weight excluding hydrogens is 411 g/mol. The van der Waals surface area contributed by atoms with E-state index in [-0.39, 0.29) is 30.2 Å². The van der Waals surface area contributed by atoms with Gasteiger partial charge in [0.15, 0.2) is 0 Å². The molecule has 1 N–H and O–H groups in total. The van der Waals surface area contributed by atoms with Gasteiger partial charge in [-0.05, 0) is 35.6 Å². The van der Waals surface area contributed by atoms with Crippen molar-refractivity contribution in [3.05, 3.63) is 53.1 Å². The van der Waals surface area contributed by atoms with Gasteiger partial charge in [-0.2, -0.15) is 11.6 Å². The van der Waals surface area contributed by atoms with Gasteiger partial charge in [0.2, 0.25) is 0 Å². The summed E-state index contributed by atoms with van der Waals surface area (Å²) in [7, 11) is 0. The zero-order valence-corrected chi connectivity index (χ0v) is 21.4. The van der Waals surface area contributed by atoms with Crippen LogP contribution >= 0.6 is 0 Å². The third-order valence-electron chi connectivity index (χ3n) is 3.49. The molecule has 1 aromatic carbocycles. The van der Waals surface area contributed by atoms with E-state index >= 15 is 0 Å². The van der Waals surface area contributed by atoms with Gasteiger partial charge < -0.3 is 29.9 Å². The van der Waals surface area contributed by atoms with E-state index in [0.29, 0.717) is 11.2 Å². The van der Waals surface area contributed by atoms with E-state index in [4.69, 9.17) is 0 Å². The fourth-order valence-corrected chi connectivity index (χ4v) is 2.12. The molecule has 0 bridgehead atoms. The third kappa shape index (κ3) is 15.3. The van der Waals surface area contributed by atoms with Crippen molar-refractivity contribution in [3.63, 3.8) is 0 Å². The van der Waals surface area contributed by atoms with E-state index in [1.54, 1.807) is 6.07 Å². The van der Waals surface area contributed by atoms with Crippen molar-refractivity contribution in [2.24, 2.45) is 5.41 Å². The summed E-state index contributed by atoms with van der Waals surface area (Å²) in [4.78, 5) is 0. The van der Waals surface area contributed by atoms with Gasteiger partial charge in [0, 0.05) is 0 Å². The fraction of sp³-hybridized carbons (Fsp3) is 0.522. The van der Waals surface area contributed by atoms with Gasteiger partial charge in [-0.25, -0.2) is 6.08 Å². The van der Waals surface area contributed by atoms with Gasteiger partial charge in [0.25, 0.3) is 0 Å². The zero-order valence-electron chi connectivity index (χ0n) is 18.3. The third-order valence-corrected chi connectivity index (χ3v) is 3.49. The van der Waals surface area contributed by atoms with Crippen molar-refractivity contribution in [3.8, 4) is 5.75 Å². The standard InChI is InChI=1S/C11H16O.C9H13.C3H6.2ClH.Ti/c1-8-5-9(11(2,3)4)7-10(12)6-8;1-9(2,3)8-6-4-5-7-8;1-3-2;;;/h5-7,12H,1-4H3;6-7H,4H2,1-3H3;1-2H3;2*1H;/q;-1;;;;+1/p-2. The summed E-state index contributed by atoms with van der Waals surface area (Å²) in [6, 6.07) is 5.71. The summed E-state index contributed by atoms with van der Waals surface area (Å²) in [6.45, 7) is 19.3. The number of hydrogen-bond acceptors (Lipinski definition) is 1. The molecule has 0 saturated carbocycles. The number of hydrogen-bond donors (Lipinski definition) is 1. The number of aromatic hydroxyl groups is 1. The minimum atomic E-state index is 0. The Morgan fingerprint density at radius 3 is 1.70 bits per heavy atom. The molecular formula is C23H35Cl2OTi-2. The number of aryl methyl sites for hydroxylation is 1. The van der Waals surface area contributed by atoms with E-state index in [0.717, 1.165) is 12.0 Å². The van der Waals surface area contributed by atoms with Gasteiger partial charge in [-0.15, -0.1) is 6.42 Å². The number of benzene rings is 1. The zero-order chi connectivity index (χ0) is 19.8. The maximum Gasteiger partial charge on any atom is 0.116 e. The average molecular weight is 446 g/mol. The smallest absolute Gasteiger partial charge is 0.116 e. The van der Waals surface area contributed by atoms with Crippen LogP contribution in [-0.4, -0.2) is 8.92 Å². The Hall–Kier alpha value is -0.336. The molecule has 0 fully saturated rings. The van der Waals surface area contributed by atoms with Crippen LogP contribution in [-0.2, 0) is 25.4 Å². The first-order valence-electron chi connectivity index (χ1n) is 8.83. The van der Waals surface area contributed by atoms with Crippen molar-refractivity contribution in [1.29, 1.82) is 0 Å². The quantitative estimate of drug-likeness (QED) is 0.454. The first-order valence-corrected chi connectivity index (χ1v) is 9.61. The maximum atomic E-state index is 9.36. The van der Waals surface area contributed by atoms with Crippen LogP contribution in [0, 0.1) is 18.4 Å². The van der Waals surface area contributed by atoms with Crippen LogP contribution in [0.15, 0.2) is 35.9 Å². The van der Waals surface area contributed by atoms with E-state index in [1.165, 1.54) is 14.9 Å². The van der Waals surface area contributed by atoms with Crippen LogP contribution in [0.1, 0.15) is 72.9 Å². The van der Waals surface area contributed by atoms with E-state index in [1.807, 2.05) is 13.0 Å². The molecule has 0 heterocycles. The summed E-state index contributed by atoms with van der Waals surface area (Å²) < 4.78 is 1.42. The summed E-state index contributed by atoms with van der Waals surface area (Å²) in [5, 5.41) is 9.36. The summed E-state index contributed by atoms with van der Waals surface area (Å²) in [5.74, 6) is 0.361. The number of rotatable bonds is 0. The van der Waals surface area contributed by atoms with Crippen molar-refractivity contribution >= 4 is 3.81 Å². The molecule has 0 spiro atoms. The van der Waals surface area contributed by atoms with Gasteiger partial charge in [-0.1, -0.05) is 53.0 Å². The van der Waals surface area contributed by atoms with Crippen LogP contribution in [0.4, 0.5) is 0 Å². The predicted molar refractivity (Wildman–Crippen MR) is 108 cm³/mol. The second kappa shape index (κ2) is 13.8. The minimum Gasteiger partial charge on any atom is -1.00 e. The van der Waals surface area contributed by atoms with Crippen molar-refractivity contribution in [2.45, 2.75) is 74.1 Å². The Morgan fingerprint density at radius 2 is 1.44 bits per heavy atom.